The molecule has 142 valence electrons. The third-order valence-corrected chi connectivity index (χ3v) is 6.28. The van der Waals surface area contributed by atoms with E-state index in [-0.39, 0.29) is 11.9 Å². The number of nitrogens with zero attached hydrogens (tertiary/aromatic N) is 1. The zero-order valence-electron chi connectivity index (χ0n) is 15.3. The maximum atomic E-state index is 13.4. The smallest absolute Gasteiger partial charge is 0.310 e. The molecule has 3 aliphatic heterocycles. The molecular weight excluding hydrogens is 354 g/mol. The highest BCUT2D eigenvalue weighted by Gasteiger charge is 2.70. The molecule has 3 heterocycles. The number of carbonyl (C=O) groups is 2. The molecule has 2 fully saturated rings. The number of hydrogen-bond acceptors (Lipinski definition) is 3. The van der Waals surface area contributed by atoms with Gasteiger partial charge in [-0.05, 0) is 17.5 Å². The van der Waals surface area contributed by atoms with Crippen LogP contribution in [0.2, 0.25) is 0 Å². The van der Waals surface area contributed by atoms with Crippen LogP contribution in [0.4, 0.5) is 0 Å². The van der Waals surface area contributed by atoms with Crippen molar-refractivity contribution in [3.63, 3.8) is 0 Å². The third-order valence-electron chi connectivity index (χ3n) is 6.28. The van der Waals surface area contributed by atoms with Crippen LogP contribution < -0.4 is 0 Å². The number of rotatable bonds is 5. The molecule has 3 aliphatic rings. The van der Waals surface area contributed by atoms with Gasteiger partial charge in [-0.15, -0.1) is 0 Å². The van der Waals surface area contributed by atoms with Gasteiger partial charge in [0.2, 0.25) is 5.91 Å². The molecule has 1 N–H and O–H groups in total. The van der Waals surface area contributed by atoms with Gasteiger partial charge in [-0.25, -0.2) is 0 Å². The first-order valence-corrected chi connectivity index (χ1v) is 9.58. The number of hydrogen-bond donors (Lipinski definition) is 1. The Morgan fingerprint density at radius 2 is 1.68 bits per heavy atom. The third kappa shape index (κ3) is 2.43. The van der Waals surface area contributed by atoms with Crippen molar-refractivity contribution in [2.24, 2.45) is 11.8 Å². The van der Waals surface area contributed by atoms with E-state index < -0.39 is 29.5 Å². The van der Waals surface area contributed by atoms with E-state index in [1.165, 1.54) is 0 Å². The lowest BCUT2D eigenvalue weighted by Gasteiger charge is -2.33. The van der Waals surface area contributed by atoms with E-state index in [9.17, 15) is 14.7 Å². The lowest BCUT2D eigenvalue weighted by molar-refractivity contribution is -0.148. The first-order valence-electron chi connectivity index (χ1n) is 9.58. The van der Waals surface area contributed by atoms with Crippen LogP contribution in [0.1, 0.15) is 11.1 Å². The van der Waals surface area contributed by atoms with Gasteiger partial charge in [0.05, 0.1) is 18.1 Å². The molecule has 2 saturated heterocycles. The molecule has 2 aromatic rings. The largest absolute Gasteiger partial charge is 0.481 e. The van der Waals surface area contributed by atoms with Crippen molar-refractivity contribution in [1.82, 2.24) is 4.90 Å². The van der Waals surface area contributed by atoms with Gasteiger partial charge in [0, 0.05) is 6.54 Å². The number of likely N-dealkylation sites (tertiary alicyclic amines) is 1. The molecule has 0 saturated carbocycles. The highest BCUT2D eigenvalue weighted by molar-refractivity contribution is 5.91. The van der Waals surface area contributed by atoms with E-state index in [2.05, 4.69) is 0 Å². The van der Waals surface area contributed by atoms with Crippen LogP contribution >= 0.6 is 0 Å². The van der Waals surface area contributed by atoms with E-state index in [0.717, 1.165) is 11.1 Å². The van der Waals surface area contributed by atoms with E-state index in [4.69, 9.17) is 4.74 Å². The fourth-order valence-corrected chi connectivity index (χ4v) is 5.08. The second-order valence-corrected chi connectivity index (χ2v) is 7.79. The zero-order valence-corrected chi connectivity index (χ0v) is 15.3. The molecule has 1 amide bonds. The predicted octanol–water partition coefficient (Wildman–Crippen LogP) is 2.66. The minimum atomic E-state index is -0.963. The van der Waals surface area contributed by atoms with Crippen LogP contribution in [0, 0.1) is 11.8 Å². The second kappa shape index (κ2) is 6.31. The number of fused-ring (bicyclic) bond motifs is 1. The van der Waals surface area contributed by atoms with Crippen LogP contribution in [0.15, 0.2) is 72.8 Å². The SMILES string of the molecule is O=C(O)C1C2C=CC3(O2)C1C(=O)N(Cc1ccccc1)C3Cc1ccccc1. The molecule has 0 aliphatic carbocycles. The average Bonchev–Trinajstić information content (AvgIpc) is 3.34. The summed E-state index contributed by atoms with van der Waals surface area (Å²) in [6.07, 6.45) is 3.87. The lowest BCUT2D eigenvalue weighted by atomic mass is 9.74. The van der Waals surface area contributed by atoms with Crippen molar-refractivity contribution in [1.29, 1.82) is 0 Å². The van der Waals surface area contributed by atoms with Crippen LogP contribution in [0.25, 0.3) is 0 Å². The molecule has 0 aromatic heterocycles. The zero-order chi connectivity index (χ0) is 19.3. The van der Waals surface area contributed by atoms with Crippen LogP contribution in [-0.4, -0.2) is 39.6 Å². The molecule has 1 spiro atoms. The van der Waals surface area contributed by atoms with E-state index in [1.807, 2.05) is 77.7 Å². The van der Waals surface area contributed by atoms with Crippen molar-refractivity contribution < 1.29 is 19.4 Å². The van der Waals surface area contributed by atoms with E-state index in [1.54, 1.807) is 0 Å². The molecule has 5 atom stereocenters. The van der Waals surface area contributed by atoms with Crippen LogP contribution in [0.5, 0.6) is 0 Å². The summed E-state index contributed by atoms with van der Waals surface area (Å²) < 4.78 is 6.23. The standard InChI is InChI=1S/C23H21NO4/c25-21-20-19(22(26)27)17-11-12-23(20,28-17)18(13-15-7-3-1-4-8-15)24(21)14-16-9-5-2-6-10-16/h1-12,17-20H,13-14H2,(H,26,27). The maximum absolute atomic E-state index is 13.4. The molecular formula is C23H21NO4. The van der Waals surface area contributed by atoms with Crippen LogP contribution in [-0.2, 0) is 27.3 Å². The van der Waals surface area contributed by atoms with Crippen molar-refractivity contribution in [3.05, 3.63) is 83.9 Å². The predicted molar refractivity (Wildman–Crippen MR) is 102 cm³/mol. The molecule has 5 rings (SSSR count). The molecule has 2 bridgehead atoms. The Kier molecular flexibility index (Phi) is 3.88. The Morgan fingerprint density at radius 3 is 2.32 bits per heavy atom. The van der Waals surface area contributed by atoms with Crippen molar-refractivity contribution in [2.75, 3.05) is 0 Å². The summed E-state index contributed by atoms with van der Waals surface area (Å²) in [7, 11) is 0. The number of ether oxygens (including phenoxy) is 1. The van der Waals surface area contributed by atoms with Gasteiger partial charge in [-0.2, -0.15) is 0 Å². The number of benzene rings is 2. The number of carboxylic acid groups (broad SMARTS) is 1. The summed E-state index contributed by atoms with van der Waals surface area (Å²) >= 11 is 0. The summed E-state index contributed by atoms with van der Waals surface area (Å²) in [4.78, 5) is 27.2. The molecule has 5 nitrogen and oxygen atoms in total. The topological polar surface area (TPSA) is 66.8 Å². The van der Waals surface area contributed by atoms with Gasteiger partial charge < -0.3 is 14.7 Å². The fraction of sp³-hybridized carbons (Fsp3) is 0.304. The fourth-order valence-electron chi connectivity index (χ4n) is 5.08. The van der Waals surface area contributed by atoms with Crippen molar-refractivity contribution in [2.45, 2.75) is 30.7 Å². The maximum Gasteiger partial charge on any atom is 0.310 e. The summed E-state index contributed by atoms with van der Waals surface area (Å²) in [6.45, 7) is 0.448. The number of carboxylic acids is 1. The molecule has 5 heteroatoms. The Labute approximate surface area is 163 Å². The van der Waals surface area contributed by atoms with Gasteiger partial charge >= 0.3 is 5.97 Å². The first kappa shape index (κ1) is 17.2. The highest BCUT2D eigenvalue weighted by Crippen LogP contribution is 2.55. The summed E-state index contributed by atoms with van der Waals surface area (Å²) in [5, 5.41) is 9.76. The van der Waals surface area contributed by atoms with Crippen molar-refractivity contribution >= 4 is 11.9 Å². The monoisotopic (exact) mass is 375 g/mol. The molecule has 28 heavy (non-hydrogen) atoms. The Bertz CT molecular complexity index is 942. The average molecular weight is 375 g/mol. The quantitative estimate of drug-likeness (QED) is 0.816. The molecule has 2 aromatic carbocycles. The van der Waals surface area contributed by atoms with Gasteiger partial charge in [0.25, 0.3) is 0 Å². The summed E-state index contributed by atoms with van der Waals surface area (Å²) in [5.74, 6) is -2.58. The number of amides is 1. The summed E-state index contributed by atoms with van der Waals surface area (Å²) in [6, 6.07) is 19.6. The van der Waals surface area contributed by atoms with Crippen molar-refractivity contribution in [3.8, 4) is 0 Å². The Hall–Kier alpha value is -2.92. The van der Waals surface area contributed by atoms with Gasteiger partial charge in [-0.1, -0.05) is 72.8 Å². The van der Waals surface area contributed by atoms with Gasteiger partial charge in [0.1, 0.15) is 11.5 Å². The summed E-state index contributed by atoms with van der Waals surface area (Å²) in [5.41, 5.74) is 1.26. The number of aliphatic carboxylic acids is 1. The number of carbonyl (C=O) groups excluding carboxylic acids is 1. The van der Waals surface area contributed by atoms with E-state index in [0.29, 0.717) is 13.0 Å². The lowest BCUT2D eigenvalue weighted by Crippen LogP contribution is -2.46. The van der Waals surface area contributed by atoms with Gasteiger partial charge in [-0.3, -0.25) is 9.59 Å². The van der Waals surface area contributed by atoms with Gasteiger partial charge in [0.15, 0.2) is 0 Å². The van der Waals surface area contributed by atoms with E-state index >= 15 is 0 Å². The normalized spacial score (nSPS) is 32.7. The Morgan fingerprint density at radius 1 is 1.04 bits per heavy atom. The van der Waals surface area contributed by atoms with Crippen LogP contribution in [0.3, 0.4) is 0 Å². The first-order chi connectivity index (χ1) is 13.6. The second-order valence-electron chi connectivity index (χ2n) is 7.79. The molecule has 5 unspecified atom stereocenters. The minimum Gasteiger partial charge on any atom is -0.481 e. The minimum absolute atomic E-state index is 0.121. The highest BCUT2D eigenvalue weighted by atomic mass is 16.5. The Balaban J connectivity index is 1.56. The molecule has 0 radical (unpaired) electrons.